The van der Waals surface area contributed by atoms with Gasteiger partial charge in [-0.1, -0.05) is 49.6 Å². The second kappa shape index (κ2) is 9.66. The van der Waals surface area contributed by atoms with Gasteiger partial charge < -0.3 is 21.1 Å². The van der Waals surface area contributed by atoms with E-state index in [9.17, 15) is 14.4 Å². The van der Waals surface area contributed by atoms with Crippen LogP contribution in [0.4, 0.5) is 4.79 Å². The molecular formula is C18H25N3O4. The number of amides is 3. The van der Waals surface area contributed by atoms with Gasteiger partial charge >= 0.3 is 12.0 Å². The molecule has 0 radical (unpaired) electrons. The maximum Gasteiger partial charge on any atom is 0.315 e. The Labute approximate surface area is 147 Å². The molecule has 2 rings (SSSR count). The molecule has 7 heteroatoms. The highest BCUT2D eigenvalue weighted by Crippen LogP contribution is 2.17. The molecule has 25 heavy (non-hydrogen) atoms. The number of benzene rings is 1. The summed E-state index contributed by atoms with van der Waals surface area (Å²) in [6, 6.07) is 8.08. The van der Waals surface area contributed by atoms with Gasteiger partial charge in [0.2, 0.25) is 5.91 Å². The van der Waals surface area contributed by atoms with Crippen LogP contribution in [0.1, 0.15) is 50.1 Å². The van der Waals surface area contributed by atoms with Gasteiger partial charge in [-0.3, -0.25) is 9.59 Å². The number of carboxylic acid groups (broad SMARTS) is 1. The molecule has 1 aromatic carbocycles. The zero-order chi connectivity index (χ0) is 18.1. The normalized spacial score (nSPS) is 15.8. The Bertz CT molecular complexity index is 585. The molecule has 1 saturated carbocycles. The first kappa shape index (κ1) is 18.8. The van der Waals surface area contributed by atoms with E-state index in [1.165, 1.54) is 6.42 Å². The highest BCUT2D eigenvalue weighted by Gasteiger charge is 2.19. The molecule has 0 spiro atoms. The molecule has 136 valence electrons. The fourth-order valence-corrected chi connectivity index (χ4v) is 3.00. The zero-order valence-electron chi connectivity index (χ0n) is 14.2. The van der Waals surface area contributed by atoms with Crippen LogP contribution in [0.3, 0.4) is 0 Å². The molecule has 1 fully saturated rings. The second-order valence-electron chi connectivity index (χ2n) is 6.29. The molecule has 1 aliphatic rings. The molecule has 1 atom stereocenters. The van der Waals surface area contributed by atoms with Crippen molar-refractivity contribution in [1.29, 1.82) is 0 Å². The lowest BCUT2D eigenvalue weighted by Crippen LogP contribution is -2.46. The van der Waals surface area contributed by atoms with E-state index in [-0.39, 0.29) is 25.0 Å². The lowest BCUT2D eigenvalue weighted by atomic mass is 9.96. The number of carbonyl (C=O) groups excluding carboxylic acids is 2. The molecular weight excluding hydrogens is 322 g/mol. The van der Waals surface area contributed by atoms with Crippen molar-refractivity contribution in [2.75, 3.05) is 6.54 Å². The third-order valence-corrected chi connectivity index (χ3v) is 4.27. The van der Waals surface area contributed by atoms with Crippen LogP contribution in [0, 0.1) is 0 Å². The molecule has 0 aromatic heterocycles. The van der Waals surface area contributed by atoms with E-state index in [2.05, 4.69) is 16.0 Å². The number of hydrogen-bond donors (Lipinski definition) is 4. The summed E-state index contributed by atoms with van der Waals surface area (Å²) >= 11 is 0. The lowest BCUT2D eigenvalue weighted by Gasteiger charge is -2.23. The minimum Gasteiger partial charge on any atom is -0.481 e. The van der Waals surface area contributed by atoms with Gasteiger partial charge in [-0.05, 0) is 18.4 Å². The zero-order valence-corrected chi connectivity index (χ0v) is 14.2. The van der Waals surface area contributed by atoms with Crippen LogP contribution in [-0.4, -0.2) is 35.6 Å². The first-order valence-corrected chi connectivity index (χ1v) is 8.65. The third-order valence-electron chi connectivity index (χ3n) is 4.27. The largest absolute Gasteiger partial charge is 0.481 e. The van der Waals surface area contributed by atoms with Crippen molar-refractivity contribution in [3.8, 4) is 0 Å². The Kier molecular flexibility index (Phi) is 7.25. The van der Waals surface area contributed by atoms with Gasteiger partial charge in [0.05, 0.1) is 19.0 Å². The average Bonchev–Trinajstić information content (AvgIpc) is 2.61. The Morgan fingerprint density at radius 3 is 2.40 bits per heavy atom. The van der Waals surface area contributed by atoms with Gasteiger partial charge in [0.15, 0.2) is 0 Å². The maximum atomic E-state index is 12.1. The Morgan fingerprint density at radius 1 is 1.08 bits per heavy atom. The number of nitrogens with one attached hydrogen (secondary N) is 3. The predicted octanol–water partition coefficient (Wildman–Crippen LogP) is 1.95. The maximum absolute atomic E-state index is 12.1. The molecule has 3 amide bonds. The molecule has 0 aliphatic heterocycles. The van der Waals surface area contributed by atoms with Gasteiger partial charge in [-0.15, -0.1) is 0 Å². The fourth-order valence-electron chi connectivity index (χ4n) is 3.00. The van der Waals surface area contributed by atoms with Crippen molar-refractivity contribution in [3.63, 3.8) is 0 Å². The molecule has 7 nitrogen and oxygen atoms in total. The lowest BCUT2D eigenvalue weighted by molar-refractivity contribution is -0.137. The van der Waals surface area contributed by atoms with Crippen molar-refractivity contribution >= 4 is 17.9 Å². The first-order valence-electron chi connectivity index (χ1n) is 8.65. The topological polar surface area (TPSA) is 108 Å². The highest BCUT2D eigenvalue weighted by atomic mass is 16.4. The Morgan fingerprint density at radius 2 is 1.76 bits per heavy atom. The summed E-state index contributed by atoms with van der Waals surface area (Å²) in [5, 5.41) is 17.1. The molecule has 0 saturated heterocycles. The van der Waals surface area contributed by atoms with Crippen LogP contribution in [0.15, 0.2) is 30.3 Å². The van der Waals surface area contributed by atoms with Gasteiger partial charge in [0.1, 0.15) is 0 Å². The van der Waals surface area contributed by atoms with Crippen molar-refractivity contribution in [2.45, 2.75) is 50.6 Å². The number of carboxylic acids is 1. The standard InChI is InChI=1S/C18H25N3O4/c22-16(12-19-18(25)20-14-9-5-2-6-10-14)21-15(11-17(23)24)13-7-3-1-4-8-13/h1,3-4,7-8,14-15H,2,5-6,9-12H2,(H,21,22)(H,23,24)(H2,19,20,25). The monoisotopic (exact) mass is 347 g/mol. The SMILES string of the molecule is O=C(O)CC(NC(=O)CNC(=O)NC1CCCCC1)c1ccccc1. The number of hydrogen-bond acceptors (Lipinski definition) is 3. The molecule has 0 heterocycles. The quantitative estimate of drug-likeness (QED) is 0.604. The van der Waals surface area contributed by atoms with Gasteiger partial charge in [-0.2, -0.15) is 0 Å². The van der Waals surface area contributed by atoms with E-state index >= 15 is 0 Å². The summed E-state index contributed by atoms with van der Waals surface area (Å²) in [6.45, 7) is -0.193. The number of rotatable bonds is 7. The van der Waals surface area contributed by atoms with Crippen LogP contribution < -0.4 is 16.0 Å². The van der Waals surface area contributed by atoms with Crippen LogP contribution in [-0.2, 0) is 9.59 Å². The van der Waals surface area contributed by atoms with E-state index in [1.807, 2.05) is 6.07 Å². The molecule has 4 N–H and O–H groups in total. The first-order chi connectivity index (χ1) is 12.0. The highest BCUT2D eigenvalue weighted by molar-refractivity contribution is 5.84. The van der Waals surface area contributed by atoms with E-state index in [0.717, 1.165) is 25.7 Å². The average molecular weight is 347 g/mol. The summed E-state index contributed by atoms with van der Waals surface area (Å²) in [5.74, 6) is -1.42. The predicted molar refractivity (Wildman–Crippen MR) is 93.0 cm³/mol. The summed E-state index contributed by atoms with van der Waals surface area (Å²) in [7, 11) is 0. The van der Waals surface area contributed by atoms with E-state index in [0.29, 0.717) is 5.56 Å². The molecule has 0 bridgehead atoms. The van der Waals surface area contributed by atoms with Crippen molar-refractivity contribution in [2.24, 2.45) is 0 Å². The minimum absolute atomic E-state index is 0.167. The minimum atomic E-state index is -1.00. The summed E-state index contributed by atoms with van der Waals surface area (Å²) in [6.07, 6.45) is 5.14. The van der Waals surface area contributed by atoms with Gasteiger partial charge in [0.25, 0.3) is 0 Å². The van der Waals surface area contributed by atoms with Crippen molar-refractivity contribution < 1.29 is 19.5 Å². The van der Waals surface area contributed by atoms with Crippen LogP contribution in [0.25, 0.3) is 0 Å². The fraction of sp³-hybridized carbons (Fsp3) is 0.500. The van der Waals surface area contributed by atoms with Gasteiger partial charge in [0, 0.05) is 6.04 Å². The summed E-state index contributed by atoms with van der Waals surface area (Å²) in [5.41, 5.74) is 0.713. The van der Waals surface area contributed by atoms with Gasteiger partial charge in [-0.25, -0.2) is 4.79 Å². The Hall–Kier alpha value is -2.57. The third kappa shape index (κ3) is 6.82. The summed E-state index contributed by atoms with van der Waals surface area (Å²) in [4.78, 5) is 34.9. The molecule has 1 aromatic rings. The summed E-state index contributed by atoms with van der Waals surface area (Å²) < 4.78 is 0. The number of urea groups is 1. The molecule has 1 unspecified atom stereocenters. The van der Waals surface area contributed by atoms with Crippen LogP contribution in [0.2, 0.25) is 0 Å². The van der Waals surface area contributed by atoms with E-state index < -0.39 is 17.9 Å². The smallest absolute Gasteiger partial charge is 0.315 e. The van der Waals surface area contributed by atoms with Crippen LogP contribution >= 0.6 is 0 Å². The second-order valence-corrected chi connectivity index (χ2v) is 6.29. The van der Waals surface area contributed by atoms with E-state index in [4.69, 9.17) is 5.11 Å². The van der Waals surface area contributed by atoms with Crippen molar-refractivity contribution in [3.05, 3.63) is 35.9 Å². The molecule has 1 aliphatic carbocycles. The number of aliphatic carboxylic acids is 1. The van der Waals surface area contributed by atoms with E-state index in [1.54, 1.807) is 24.3 Å². The van der Waals surface area contributed by atoms with Crippen molar-refractivity contribution in [1.82, 2.24) is 16.0 Å². The Balaban J connectivity index is 1.80. The van der Waals surface area contributed by atoms with Crippen LogP contribution in [0.5, 0.6) is 0 Å². The number of carbonyl (C=O) groups is 3.